The van der Waals surface area contributed by atoms with Gasteiger partial charge >= 0.3 is 0 Å². The molecule has 2 N–H and O–H groups in total. The maximum Gasteiger partial charge on any atom is 0.189 e. The van der Waals surface area contributed by atoms with E-state index < -0.39 is 0 Å². The van der Waals surface area contributed by atoms with Gasteiger partial charge in [0.05, 0.1) is 12.7 Å². The van der Waals surface area contributed by atoms with E-state index in [1.807, 2.05) is 12.1 Å². The highest BCUT2D eigenvalue weighted by Gasteiger charge is 2.08. The highest BCUT2D eigenvalue weighted by Crippen LogP contribution is 2.23. The molecule has 0 aromatic heterocycles. The van der Waals surface area contributed by atoms with Gasteiger partial charge in [-0.1, -0.05) is 18.2 Å². The average molecular weight is 270 g/mol. The van der Waals surface area contributed by atoms with Crippen LogP contribution in [-0.4, -0.2) is 23.1 Å². The van der Waals surface area contributed by atoms with Gasteiger partial charge in [-0.05, 0) is 35.9 Å². The summed E-state index contributed by atoms with van der Waals surface area (Å²) in [5.74, 6) is 0.0792. The van der Waals surface area contributed by atoms with Gasteiger partial charge in [-0.25, -0.2) is 0 Å². The van der Waals surface area contributed by atoms with E-state index in [2.05, 4.69) is 0 Å². The van der Waals surface area contributed by atoms with Crippen LogP contribution in [0.1, 0.15) is 15.9 Å². The van der Waals surface area contributed by atoms with Crippen LogP contribution in [0.3, 0.4) is 0 Å². The molecule has 0 aliphatic rings. The lowest BCUT2D eigenvalue weighted by molar-refractivity contribution is 0.104. The smallest absolute Gasteiger partial charge is 0.189 e. The van der Waals surface area contributed by atoms with E-state index in [9.17, 15) is 15.0 Å². The lowest BCUT2D eigenvalue weighted by Gasteiger charge is -2.01. The van der Waals surface area contributed by atoms with Gasteiger partial charge in [0, 0.05) is 6.07 Å². The van der Waals surface area contributed by atoms with Crippen molar-refractivity contribution in [1.29, 1.82) is 0 Å². The molecule has 2 aromatic rings. The van der Waals surface area contributed by atoms with Crippen molar-refractivity contribution < 1.29 is 19.7 Å². The number of phenols is 2. The van der Waals surface area contributed by atoms with E-state index in [1.54, 1.807) is 25.3 Å². The fourth-order valence-corrected chi connectivity index (χ4v) is 1.71. The van der Waals surface area contributed by atoms with Crippen LogP contribution >= 0.6 is 0 Å². The Labute approximate surface area is 116 Å². The third kappa shape index (κ3) is 3.17. The van der Waals surface area contributed by atoms with Gasteiger partial charge in [-0.2, -0.15) is 0 Å². The number of ketones is 1. The minimum absolute atomic E-state index is 0.0850. The number of carbonyl (C=O) groups excluding carboxylic acids is 1. The summed E-state index contributed by atoms with van der Waals surface area (Å²) in [7, 11) is 1.59. The van der Waals surface area contributed by atoms with E-state index in [1.165, 1.54) is 18.2 Å². The Morgan fingerprint density at radius 1 is 1.10 bits per heavy atom. The van der Waals surface area contributed by atoms with Crippen LogP contribution in [0.2, 0.25) is 0 Å². The van der Waals surface area contributed by atoms with Crippen molar-refractivity contribution >= 4 is 11.9 Å². The Morgan fingerprint density at radius 3 is 2.40 bits per heavy atom. The van der Waals surface area contributed by atoms with Gasteiger partial charge in [0.25, 0.3) is 0 Å². The molecule has 4 heteroatoms. The molecule has 0 saturated carbocycles. The summed E-state index contributed by atoms with van der Waals surface area (Å²) >= 11 is 0. The van der Waals surface area contributed by atoms with Gasteiger partial charge in [0.1, 0.15) is 17.2 Å². The number of phenolic OH excluding ortho intramolecular Hbond substituents is 2. The van der Waals surface area contributed by atoms with Gasteiger partial charge in [-0.3, -0.25) is 4.79 Å². The molecule has 4 nitrogen and oxygen atoms in total. The molecule has 0 heterocycles. The Kier molecular flexibility index (Phi) is 4.05. The molecule has 2 rings (SSSR count). The number of allylic oxidation sites excluding steroid dienone is 1. The normalized spacial score (nSPS) is 10.7. The second-order valence-corrected chi connectivity index (χ2v) is 4.17. The largest absolute Gasteiger partial charge is 0.508 e. The first-order valence-electron chi connectivity index (χ1n) is 5.98. The summed E-state index contributed by atoms with van der Waals surface area (Å²) in [5.41, 5.74) is 0.991. The molecule has 0 spiro atoms. The zero-order valence-electron chi connectivity index (χ0n) is 10.9. The van der Waals surface area contributed by atoms with Crippen LogP contribution in [0.5, 0.6) is 17.2 Å². The van der Waals surface area contributed by atoms with Crippen molar-refractivity contribution in [2.24, 2.45) is 0 Å². The zero-order valence-corrected chi connectivity index (χ0v) is 10.9. The van der Waals surface area contributed by atoms with E-state index >= 15 is 0 Å². The third-order valence-corrected chi connectivity index (χ3v) is 2.79. The molecule has 0 amide bonds. The van der Waals surface area contributed by atoms with Crippen molar-refractivity contribution in [1.82, 2.24) is 0 Å². The van der Waals surface area contributed by atoms with E-state index in [-0.39, 0.29) is 22.8 Å². The zero-order chi connectivity index (χ0) is 14.5. The SMILES string of the molecule is COc1ccc(/C=C\C(=O)c2ccc(O)cc2O)cc1. The van der Waals surface area contributed by atoms with E-state index in [0.717, 1.165) is 17.4 Å². The van der Waals surface area contributed by atoms with Crippen LogP contribution in [0.15, 0.2) is 48.5 Å². The minimum Gasteiger partial charge on any atom is -0.508 e. The number of rotatable bonds is 4. The number of hydrogen-bond donors (Lipinski definition) is 2. The molecular weight excluding hydrogens is 256 g/mol. The quantitative estimate of drug-likeness (QED) is 0.662. The minimum atomic E-state index is -0.335. The van der Waals surface area contributed by atoms with Crippen molar-refractivity contribution in [3.63, 3.8) is 0 Å². The molecule has 2 aromatic carbocycles. The summed E-state index contributed by atoms with van der Waals surface area (Å²) in [6, 6.07) is 11.1. The summed E-state index contributed by atoms with van der Waals surface area (Å²) < 4.78 is 5.04. The number of methoxy groups -OCH3 is 1. The molecule has 0 aliphatic heterocycles. The molecule has 20 heavy (non-hydrogen) atoms. The maximum atomic E-state index is 11.9. The van der Waals surface area contributed by atoms with Gasteiger partial charge in [0.2, 0.25) is 0 Å². The second-order valence-electron chi connectivity index (χ2n) is 4.17. The number of carbonyl (C=O) groups is 1. The maximum absolute atomic E-state index is 11.9. The topological polar surface area (TPSA) is 66.8 Å². The molecular formula is C16H14O4. The predicted molar refractivity (Wildman–Crippen MR) is 76.1 cm³/mol. The Hall–Kier alpha value is -2.75. The number of aromatic hydroxyl groups is 2. The summed E-state index contributed by atoms with van der Waals surface area (Å²) in [6.45, 7) is 0. The Morgan fingerprint density at radius 2 is 1.80 bits per heavy atom. The first-order chi connectivity index (χ1) is 9.60. The molecule has 0 saturated heterocycles. The van der Waals surface area contributed by atoms with Gasteiger partial charge in [0.15, 0.2) is 5.78 Å². The monoisotopic (exact) mass is 270 g/mol. The first kappa shape index (κ1) is 13.7. The van der Waals surface area contributed by atoms with Gasteiger partial charge in [-0.15, -0.1) is 0 Å². The molecule has 0 bridgehead atoms. The highest BCUT2D eigenvalue weighted by molar-refractivity contribution is 6.08. The Bertz CT molecular complexity index is 642. The van der Waals surface area contributed by atoms with Crippen LogP contribution in [0, 0.1) is 0 Å². The van der Waals surface area contributed by atoms with E-state index in [4.69, 9.17) is 4.74 Å². The molecule has 0 fully saturated rings. The fraction of sp³-hybridized carbons (Fsp3) is 0.0625. The highest BCUT2D eigenvalue weighted by atomic mass is 16.5. The summed E-state index contributed by atoms with van der Waals surface area (Å²) in [4.78, 5) is 11.9. The lowest BCUT2D eigenvalue weighted by Crippen LogP contribution is -1.94. The van der Waals surface area contributed by atoms with Crippen molar-refractivity contribution in [3.8, 4) is 17.2 Å². The third-order valence-electron chi connectivity index (χ3n) is 2.79. The summed E-state index contributed by atoms with van der Waals surface area (Å²) in [5, 5.41) is 18.8. The fourth-order valence-electron chi connectivity index (χ4n) is 1.71. The molecule has 0 radical (unpaired) electrons. The van der Waals surface area contributed by atoms with Crippen LogP contribution in [-0.2, 0) is 0 Å². The number of ether oxygens (including phenoxy) is 1. The van der Waals surface area contributed by atoms with Crippen molar-refractivity contribution in [2.75, 3.05) is 7.11 Å². The summed E-state index contributed by atoms with van der Waals surface area (Å²) in [6.07, 6.45) is 3.02. The van der Waals surface area contributed by atoms with Crippen LogP contribution < -0.4 is 4.74 Å². The lowest BCUT2D eigenvalue weighted by atomic mass is 10.1. The van der Waals surface area contributed by atoms with Gasteiger partial charge < -0.3 is 14.9 Å². The molecule has 0 aliphatic carbocycles. The van der Waals surface area contributed by atoms with Crippen molar-refractivity contribution in [2.45, 2.75) is 0 Å². The molecule has 0 atom stereocenters. The Balaban J connectivity index is 2.15. The number of benzene rings is 2. The molecule has 102 valence electrons. The molecule has 0 unspecified atom stereocenters. The van der Waals surface area contributed by atoms with Crippen molar-refractivity contribution in [3.05, 3.63) is 59.7 Å². The predicted octanol–water partition coefficient (Wildman–Crippen LogP) is 3.00. The average Bonchev–Trinajstić information content (AvgIpc) is 2.45. The number of hydrogen-bond acceptors (Lipinski definition) is 4. The second kappa shape index (κ2) is 5.93. The first-order valence-corrected chi connectivity index (χ1v) is 5.98. The standard InChI is InChI=1S/C16H14O4/c1-20-13-6-2-11(3-7-13)4-9-15(18)14-8-5-12(17)10-16(14)19/h2-10,17,19H,1H3/b9-4-. The van der Waals surface area contributed by atoms with Crippen LogP contribution in [0.4, 0.5) is 0 Å². The van der Waals surface area contributed by atoms with Crippen LogP contribution in [0.25, 0.3) is 6.08 Å². The van der Waals surface area contributed by atoms with E-state index in [0.29, 0.717) is 0 Å².